The summed E-state index contributed by atoms with van der Waals surface area (Å²) in [4.78, 5) is 0.331. The number of aryl methyl sites for hydroxylation is 2. The third-order valence-corrected chi connectivity index (χ3v) is 5.64. The van der Waals surface area contributed by atoms with E-state index in [0.717, 1.165) is 22.3 Å². The summed E-state index contributed by atoms with van der Waals surface area (Å²) in [6, 6.07) is 15.1. The van der Waals surface area contributed by atoms with Gasteiger partial charge >= 0.3 is 0 Å². The Balaban J connectivity index is 1.80. The first-order chi connectivity index (χ1) is 12.0. The van der Waals surface area contributed by atoms with Gasteiger partial charge < -0.3 is 0 Å². The number of rotatable bonds is 6. The lowest BCUT2D eigenvalue weighted by Gasteiger charge is -2.13. The molecule has 0 bridgehead atoms. The van der Waals surface area contributed by atoms with Crippen molar-refractivity contribution in [3.8, 4) is 0 Å². The van der Waals surface area contributed by atoms with Crippen LogP contribution in [-0.4, -0.2) is 18.2 Å². The van der Waals surface area contributed by atoms with Crippen LogP contribution >= 0.6 is 0 Å². The topological polar surface area (TPSA) is 64.0 Å². The molecule has 1 heterocycles. The van der Waals surface area contributed by atoms with E-state index in [1.54, 1.807) is 19.2 Å². The highest BCUT2D eigenvalue weighted by molar-refractivity contribution is 7.89. The zero-order valence-electron chi connectivity index (χ0n) is 14.3. The van der Waals surface area contributed by atoms with Crippen molar-refractivity contribution in [2.75, 3.05) is 0 Å². The number of aromatic nitrogens is 2. The Morgan fingerprint density at radius 3 is 2.52 bits per heavy atom. The first-order valence-electron chi connectivity index (χ1n) is 8.07. The van der Waals surface area contributed by atoms with Gasteiger partial charge in [0.1, 0.15) is 0 Å². The summed E-state index contributed by atoms with van der Waals surface area (Å²) in [6.07, 6.45) is 3.61. The second-order valence-corrected chi connectivity index (χ2v) is 7.80. The average Bonchev–Trinajstić information content (AvgIpc) is 3.09. The Morgan fingerprint density at radius 2 is 1.80 bits per heavy atom. The number of benzene rings is 2. The van der Waals surface area contributed by atoms with Crippen LogP contribution in [-0.2, 0) is 23.1 Å². The molecule has 25 heavy (non-hydrogen) atoms. The zero-order chi connectivity index (χ0) is 17.9. The van der Waals surface area contributed by atoms with Crippen LogP contribution in [0.4, 0.5) is 0 Å². The van der Waals surface area contributed by atoms with Crippen LogP contribution in [0.1, 0.15) is 22.3 Å². The highest BCUT2D eigenvalue weighted by Gasteiger charge is 2.17. The fraction of sp³-hybridized carbons (Fsp3) is 0.211. The average molecular weight is 355 g/mol. The van der Waals surface area contributed by atoms with E-state index in [1.165, 1.54) is 0 Å². The van der Waals surface area contributed by atoms with Crippen LogP contribution in [0.15, 0.2) is 65.8 Å². The van der Waals surface area contributed by atoms with Crippen molar-refractivity contribution in [2.45, 2.75) is 31.8 Å². The molecule has 1 N–H and O–H groups in total. The summed E-state index contributed by atoms with van der Waals surface area (Å²) in [5.74, 6) is 0. The molecule has 0 spiro atoms. The first-order valence-corrected chi connectivity index (χ1v) is 9.55. The van der Waals surface area contributed by atoms with Crippen molar-refractivity contribution in [3.05, 3.63) is 83.2 Å². The van der Waals surface area contributed by atoms with Crippen molar-refractivity contribution >= 4 is 10.0 Å². The predicted molar refractivity (Wildman–Crippen MR) is 97.7 cm³/mol. The van der Waals surface area contributed by atoms with Crippen molar-refractivity contribution in [1.82, 2.24) is 14.5 Å². The second-order valence-electron chi connectivity index (χ2n) is 6.07. The van der Waals surface area contributed by atoms with Gasteiger partial charge in [-0.05, 0) is 48.2 Å². The molecule has 0 atom stereocenters. The highest BCUT2D eigenvalue weighted by atomic mass is 32.2. The van der Waals surface area contributed by atoms with Gasteiger partial charge in [-0.1, -0.05) is 36.4 Å². The minimum Gasteiger partial charge on any atom is -0.268 e. The maximum Gasteiger partial charge on any atom is 0.241 e. The third-order valence-electron chi connectivity index (χ3n) is 4.10. The molecule has 3 aromatic rings. The Kier molecular flexibility index (Phi) is 5.01. The van der Waals surface area contributed by atoms with Crippen LogP contribution in [0.5, 0.6) is 0 Å². The monoisotopic (exact) mass is 355 g/mol. The molecule has 0 amide bonds. The standard InChI is InChI=1S/C19H21N3O2S/c1-15-8-9-16(2)19(12-15)25(23,24)21-13-17-6-3-4-7-18(17)14-22-11-5-10-20-22/h3-12,21H,13-14H2,1-2H3. The van der Waals surface area contributed by atoms with E-state index in [1.807, 2.05) is 60.3 Å². The molecule has 1 aromatic heterocycles. The summed E-state index contributed by atoms with van der Waals surface area (Å²) in [5, 5.41) is 4.21. The largest absolute Gasteiger partial charge is 0.268 e. The lowest BCUT2D eigenvalue weighted by atomic mass is 10.1. The fourth-order valence-corrected chi connectivity index (χ4v) is 4.03. The Morgan fingerprint density at radius 1 is 1.04 bits per heavy atom. The van der Waals surface area contributed by atoms with E-state index in [9.17, 15) is 8.42 Å². The van der Waals surface area contributed by atoms with E-state index in [-0.39, 0.29) is 6.54 Å². The third kappa shape index (κ3) is 4.15. The number of sulfonamides is 1. The number of hydrogen-bond acceptors (Lipinski definition) is 3. The zero-order valence-corrected chi connectivity index (χ0v) is 15.1. The molecule has 5 nitrogen and oxygen atoms in total. The Hall–Kier alpha value is -2.44. The van der Waals surface area contributed by atoms with Gasteiger partial charge in [-0.2, -0.15) is 5.10 Å². The normalized spacial score (nSPS) is 11.6. The molecule has 0 saturated carbocycles. The summed E-state index contributed by atoms with van der Waals surface area (Å²) in [6.45, 7) is 4.54. The van der Waals surface area contributed by atoms with Crippen LogP contribution in [0.25, 0.3) is 0 Å². The lowest BCUT2D eigenvalue weighted by molar-refractivity contribution is 0.580. The lowest BCUT2D eigenvalue weighted by Crippen LogP contribution is -2.25. The number of hydrogen-bond donors (Lipinski definition) is 1. The summed E-state index contributed by atoms with van der Waals surface area (Å²) in [5.41, 5.74) is 3.63. The predicted octanol–water partition coefficient (Wildman–Crippen LogP) is 3.03. The quantitative estimate of drug-likeness (QED) is 0.739. The van der Waals surface area contributed by atoms with Crippen LogP contribution < -0.4 is 4.72 Å². The Bertz CT molecular complexity index is 964. The van der Waals surface area contributed by atoms with Gasteiger partial charge in [-0.3, -0.25) is 4.68 Å². The van der Waals surface area contributed by atoms with Crippen LogP contribution in [0.2, 0.25) is 0 Å². The molecule has 3 rings (SSSR count). The highest BCUT2D eigenvalue weighted by Crippen LogP contribution is 2.18. The van der Waals surface area contributed by atoms with Crippen LogP contribution in [0.3, 0.4) is 0 Å². The van der Waals surface area contributed by atoms with E-state index in [4.69, 9.17) is 0 Å². The summed E-state index contributed by atoms with van der Waals surface area (Å²) >= 11 is 0. The van der Waals surface area contributed by atoms with Crippen molar-refractivity contribution in [3.63, 3.8) is 0 Å². The number of nitrogens with zero attached hydrogens (tertiary/aromatic N) is 2. The van der Waals surface area contributed by atoms with Crippen molar-refractivity contribution in [1.29, 1.82) is 0 Å². The molecule has 0 aliphatic carbocycles. The fourth-order valence-electron chi connectivity index (χ4n) is 2.70. The van der Waals surface area contributed by atoms with E-state index >= 15 is 0 Å². The van der Waals surface area contributed by atoms with Gasteiger partial charge in [0, 0.05) is 18.9 Å². The molecule has 0 aliphatic rings. The van der Waals surface area contributed by atoms with Gasteiger partial charge in [0.25, 0.3) is 0 Å². The van der Waals surface area contributed by atoms with Crippen LogP contribution in [0, 0.1) is 13.8 Å². The SMILES string of the molecule is Cc1ccc(C)c(S(=O)(=O)NCc2ccccc2Cn2cccn2)c1. The molecule has 130 valence electrons. The summed E-state index contributed by atoms with van der Waals surface area (Å²) < 4.78 is 29.9. The van der Waals surface area contributed by atoms with Crippen molar-refractivity contribution < 1.29 is 8.42 Å². The number of nitrogens with one attached hydrogen (secondary N) is 1. The van der Waals surface area contributed by atoms with Gasteiger partial charge in [0.15, 0.2) is 0 Å². The molecular weight excluding hydrogens is 334 g/mol. The van der Waals surface area contributed by atoms with E-state index in [0.29, 0.717) is 11.4 Å². The first kappa shape index (κ1) is 17.4. The second kappa shape index (κ2) is 7.21. The maximum atomic E-state index is 12.7. The smallest absolute Gasteiger partial charge is 0.241 e. The van der Waals surface area contributed by atoms with E-state index in [2.05, 4.69) is 9.82 Å². The molecule has 6 heteroatoms. The van der Waals surface area contributed by atoms with Gasteiger partial charge in [-0.15, -0.1) is 0 Å². The maximum absolute atomic E-state index is 12.7. The molecule has 0 radical (unpaired) electrons. The molecule has 0 saturated heterocycles. The Labute approximate surface area is 148 Å². The summed E-state index contributed by atoms with van der Waals surface area (Å²) in [7, 11) is -3.56. The van der Waals surface area contributed by atoms with Gasteiger partial charge in [0.2, 0.25) is 10.0 Å². The minimum absolute atomic E-state index is 0.243. The molecule has 0 fully saturated rings. The molecule has 0 unspecified atom stereocenters. The minimum atomic E-state index is -3.56. The van der Waals surface area contributed by atoms with Gasteiger partial charge in [-0.25, -0.2) is 13.1 Å². The molecule has 2 aromatic carbocycles. The molecule has 0 aliphatic heterocycles. The van der Waals surface area contributed by atoms with Gasteiger partial charge in [0.05, 0.1) is 11.4 Å². The van der Waals surface area contributed by atoms with Crippen molar-refractivity contribution in [2.24, 2.45) is 0 Å². The van der Waals surface area contributed by atoms with E-state index < -0.39 is 10.0 Å². The molecular formula is C19H21N3O2S.